The van der Waals surface area contributed by atoms with Crippen LogP contribution < -0.4 is 5.32 Å². The molecule has 1 amide bonds. The first-order chi connectivity index (χ1) is 15.1. The Morgan fingerprint density at radius 2 is 1.65 bits per heavy atom. The SMILES string of the molecule is O=C(NCC(c1ccco1)N1CCCCC1)c1ccccc1C(=O)c1ccc(F)cc1. The summed E-state index contributed by atoms with van der Waals surface area (Å²) in [4.78, 5) is 28.3. The van der Waals surface area contributed by atoms with Crippen molar-refractivity contribution >= 4 is 11.7 Å². The molecule has 160 valence electrons. The predicted octanol–water partition coefficient (Wildman–Crippen LogP) is 4.61. The minimum Gasteiger partial charge on any atom is -0.468 e. The van der Waals surface area contributed by atoms with Crippen LogP contribution in [0.25, 0.3) is 0 Å². The molecule has 3 aromatic rings. The molecule has 6 heteroatoms. The van der Waals surface area contributed by atoms with Gasteiger partial charge in [-0.1, -0.05) is 24.6 Å². The first-order valence-corrected chi connectivity index (χ1v) is 10.6. The van der Waals surface area contributed by atoms with E-state index in [1.54, 1.807) is 30.5 Å². The average molecular weight is 420 g/mol. The summed E-state index contributed by atoms with van der Waals surface area (Å²) >= 11 is 0. The Kier molecular flexibility index (Phi) is 6.57. The number of amides is 1. The number of hydrogen-bond acceptors (Lipinski definition) is 4. The number of hydrogen-bond donors (Lipinski definition) is 1. The monoisotopic (exact) mass is 420 g/mol. The van der Waals surface area contributed by atoms with Crippen molar-refractivity contribution in [2.75, 3.05) is 19.6 Å². The Bertz CT molecular complexity index is 1030. The van der Waals surface area contributed by atoms with Crippen molar-refractivity contribution in [3.63, 3.8) is 0 Å². The van der Waals surface area contributed by atoms with Crippen molar-refractivity contribution < 1.29 is 18.4 Å². The van der Waals surface area contributed by atoms with Crippen molar-refractivity contribution in [2.24, 2.45) is 0 Å². The molecule has 1 unspecified atom stereocenters. The minimum atomic E-state index is -0.413. The van der Waals surface area contributed by atoms with Crippen molar-refractivity contribution in [2.45, 2.75) is 25.3 Å². The van der Waals surface area contributed by atoms with Crippen LogP contribution in [0.1, 0.15) is 57.3 Å². The predicted molar refractivity (Wildman–Crippen MR) is 115 cm³/mol. The molecule has 1 N–H and O–H groups in total. The Balaban J connectivity index is 1.51. The standard InChI is InChI=1S/C25H25FN2O3/c26-19-12-10-18(11-13-19)24(29)20-7-2-3-8-21(20)25(30)27-17-22(23-9-6-16-31-23)28-14-4-1-5-15-28/h2-3,6-13,16,22H,1,4-5,14-15,17H2,(H,27,30). The molecule has 0 saturated carbocycles. The Hall–Kier alpha value is -3.25. The maximum Gasteiger partial charge on any atom is 0.252 e. The van der Waals surface area contributed by atoms with Crippen molar-refractivity contribution in [1.82, 2.24) is 10.2 Å². The van der Waals surface area contributed by atoms with Crippen LogP contribution in [0, 0.1) is 5.82 Å². The van der Waals surface area contributed by atoms with Gasteiger partial charge in [-0.25, -0.2) is 4.39 Å². The van der Waals surface area contributed by atoms with Crippen LogP contribution in [0.2, 0.25) is 0 Å². The van der Waals surface area contributed by atoms with E-state index in [0.717, 1.165) is 31.7 Å². The zero-order valence-corrected chi connectivity index (χ0v) is 17.2. The molecule has 1 saturated heterocycles. The first kappa shape index (κ1) is 21.0. The van der Waals surface area contributed by atoms with E-state index in [4.69, 9.17) is 4.42 Å². The minimum absolute atomic E-state index is 0.0563. The lowest BCUT2D eigenvalue weighted by molar-refractivity contribution is 0.0906. The summed E-state index contributed by atoms with van der Waals surface area (Å²) in [7, 11) is 0. The highest BCUT2D eigenvalue weighted by Gasteiger charge is 2.26. The van der Waals surface area contributed by atoms with E-state index >= 15 is 0 Å². The molecule has 1 fully saturated rings. The second kappa shape index (κ2) is 9.71. The van der Waals surface area contributed by atoms with Crippen LogP contribution in [0.5, 0.6) is 0 Å². The topological polar surface area (TPSA) is 62.6 Å². The van der Waals surface area contributed by atoms with Gasteiger partial charge in [-0.05, 0) is 68.4 Å². The molecule has 5 nitrogen and oxygen atoms in total. The number of carbonyl (C=O) groups is 2. The second-order valence-electron chi connectivity index (χ2n) is 7.72. The van der Waals surface area contributed by atoms with Gasteiger partial charge in [0, 0.05) is 17.7 Å². The molecule has 2 heterocycles. The summed E-state index contributed by atoms with van der Waals surface area (Å²) in [6.45, 7) is 2.30. The van der Waals surface area contributed by atoms with E-state index in [-0.39, 0.29) is 17.7 Å². The highest BCUT2D eigenvalue weighted by atomic mass is 19.1. The Morgan fingerprint density at radius 3 is 2.32 bits per heavy atom. The lowest BCUT2D eigenvalue weighted by Crippen LogP contribution is -2.40. The van der Waals surface area contributed by atoms with Crippen molar-refractivity contribution in [3.8, 4) is 0 Å². The lowest BCUT2D eigenvalue weighted by atomic mass is 9.97. The number of nitrogens with zero attached hydrogens (tertiary/aromatic N) is 1. The van der Waals surface area contributed by atoms with Gasteiger partial charge in [-0.3, -0.25) is 14.5 Å². The van der Waals surface area contributed by atoms with Gasteiger partial charge in [-0.15, -0.1) is 0 Å². The second-order valence-corrected chi connectivity index (χ2v) is 7.72. The van der Waals surface area contributed by atoms with Crippen LogP contribution >= 0.6 is 0 Å². The Morgan fingerprint density at radius 1 is 0.935 bits per heavy atom. The summed E-state index contributed by atoms with van der Waals surface area (Å²) in [5, 5.41) is 2.99. The fourth-order valence-electron chi connectivity index (χ4n) is 4.04. The van der Waals surface area contributed by atoms with Crippen molar-refractivity contribution in [1.29, 1.82) is 0 Å². The molecule has 2 aromatic carbocycles. The van der Waals surface area contributed by atoms with Gasteiger partial charge in [0.15, 0.2) is 5.78 Å². The number of halogens is 1. The highest BCUT2D eigenvalue weighted by Crippen LogP contribution is 2.25. The van der Waals surface area contributed by atoms with Gasteiger partial charge < -0.3 is 9.73 Å². The quantitative estimate of drug-likeness (QED) is 0.567. The molecule has 0 bridgehead atoms. The smallest absolute Gasteiger partial charge is 0.252 e. The summed E-state index contributed by atoms with van der Waals surface area (Å²) in [6.07, 6.45) is 5.11. The first-order valence-electron chi connectivity index (χ1n) is 10.6. The van der Waals surface area contributed by atoms with Crippen LogP contribution in [0.4, 0.5) is 4.39 Å². The maximum absolute atomic E-state index is 13.2. The number of carbonyl (C=O) groups excluding carboxylic acids is 2. The van der Waals surface area contributed by atoms with Gasteiger partial charge in [0.2, 0.25) is 0 Å². The molecule has 0 radical (unpaired) electrons. The zero-order valence-electron chi connectivity index (χ0n) is 17.2. The molecular weight excluding hydrogens is 395 g/mol. The van der Waals surface area contributed by atoms with Crippen LogP contribution in [-0.4, -0.2) is 36.2 Å². The van der Waals surface area contributed by atoms with E-state index in [1.165, 1.54) is 30.7 Å². The number of nitrogens with one attached hydrogen (secondary N) is 1. The van der Waals surface area contributed by atoms with Gasteiger partial charge in [0.05, 0.1) is 17.9 Å². The third-order valence-corrected chi connectivity index (χ3v) is 5.68. The number of rotatable bonds is 7. The molecule has 31 heavy (non-hydrogen) atoms. The van der Waals surface area contributed by atoms with E-state index in [1.807, 2.05) is 12.1 Å². The number of piperidine rings is 1. The van der Waals surface area contributed by atoms with E-state index in [2.05, 4.69) is 10.2 Å². The molecule has 0 spiro atoms. The van der Waals surface area contributed by atoms with Gasteiger partial charge in [0.1, 0.15) is 11.6 Å². The molecule has 1 aromatic heterocycles. The zero-order chi connectivity index (χ0) is 21.6. The molecule has 0 aliphatic carbocycles. The number of ketones is 1. The number of furan rings is 1. The molecule has 1 aliphatic heterocycles. The normalized spacial score (nSPS) is 15.4. The Labute approximate surface area is 180 Å². The molecule has 1 aliphatic rings. The third-order valence-electron chi connectivity index (χ3n) is 5.68. The van der Waals surface area contributed by atoms with Crippen LogP contribution in [0.15, 0.2) is 71.3 Å². The van der Waals surface area contributed by atoms with Crippen LogP contribution in [0.3, 0.4) is 0 Å². The molecule has 1 atom stereocenters. The van der Waals surface area contributed by atoms with Gasteiger partial charge >= 0.3 is 0 Å². The lowest BCUT2D eigenvalue weighted by Gasteiger charge is -2.33. The third kappa shape index (κ3) is 4.91. The fourth-order valence-corrected chi connectivity index (χ4v) is 4.04. The summed E-state index contributed by atoms with van der Waals surface area (Å²) in [6, 6.07) is 15.7. The van der Waals surface area contributed by atoms with E-state index in [9.17, 15) is 14.0 Å². The van der Waals surface area contributed by atoms with Gasteiger partial charge in [0.25, 0.3) is 5.91 Å². The maximum atomic E-state index is 13.2. The molecular formula is C25H25FN2O3. The summed E-state index contributed by atoms with van der Waals surface area (Å²) < 4.78 is 18.9. The molecule has 4 rings (SSSR count). The number of likely N-dealkylation sites (tertiary alicyclic amines) is 1. The van der Waals surface area contributed by atoms with Crippen molar-refractivity contribution in [3.05, 3.63) is 95.2 Å². The summed E-state index contributed by atoms with van der Waals surface area (Å²) in [5.74, 6) is -0.230. The van der Waals surface area contributed by atoms with Crippen LogP contribution in [-0.2, 0) is 0 Å². The number of benzene rings is 2. The largest absolute Gasteiger partial charge is 0.468 e. The summed E-state index contributed by atoms with van der Waals surface area (Å²) in [5.41, 5.74) is 0.927. The average Bonchev–Trinajstić information content (AvgIpc) is 3.34. The van der Waals surface area contributed by atoms with E-state index in [0.29, 0.717) is 23.2 Å². The van der Waals surface area contributed by atoms with Gasteiger partial charge in [-0.2, -0.15) is 0 Å². The van der Waals surface area contributed by atoms with E-state index < -0.39 is 5.82 Å². The highest BCUT2D eigenvalue weighted by molar-refractivity contribution is 6.15. The fraction of sp³-hybridized carbons (Fsp3) is 0.280.